The first-order valence-corrected chi connectivity index (χ1v) is 2.55. The smallest absolute Gasteiger partial charge is 0.0686 e. The molecule has 0 atom stereocenters. The number of hydrogen-bond acceptors (Lipinski definition) is 1. The third kappa shape index (κ3) is 5.22. The van der Waals surface area contributed by atoms with Gasteiger partial charge in [-0.15, -0.1) is 5.73 Å². The van der Waals surface area contributed by atoms with Gasteiger partial charge in [0.1, 0.15) is 0 Å². The highest BCUT2D eigenvalue weighted by molar-refractivity contribution is 5.00. The lowest BCUT2D eigenvalue weighted by Crippen LogP contribution is -1.64. The van der Waals surface area contributed by atoms with Crippen molar-refractivity contribution in [2.75, 3.05) is 6.61 Å². The lowest BCUT2D eigenvalue weighted by molar-refractivity contribution is 0.343. The van der Waals surface area contributed by atoms with Crippen molar-refractivity contribution < 1.29 is 5.11 Å². The standard InChI is InChI=1S/C7H10O/c1-2-3-4-5-6-7-8/h2-4,6,8H,7H2,1H3/b3-2+. The van der Waals surface area contributed by atoms with Gasteiger partial charge in [-0.25, -0.2) is 0 Å². The summed E-state index contributed by atoms with van der Waals surface area (Å²) in [4.78, 5) is 0. The van der Waals surface area contributed by atoms with E-state index < -0.39 is 0 Å². The number of hydrogen-bond donors (Lipinski definition) is 1. The summed E-state index contributed by atoms with van der Waals surface area (Å²) < 4.78 is 0. The summed E-state index contributed by atoms with van der Waals surface area (Å²) in [6.07, 6.45) is 7.06. The fourth-order valence-electron chi connectivity index (χ4n) is 0.273. The van der Waals surface area contributed by atoms with Crippen molar-refractivity contribution in [3.63, 3.8) is 0 Å². The highest BCUT2D eigenvalue weighted by atomic mass is 16.2. The predicted octanol–water partition coefficient (Wildman–Crippen LogP) is 1.27. The maximum atomic E-state index is 8.20. The number of aliphatic hydroxyl groups is 1. The summed E-state index contributed by atoms with van der Waals surface area (Å²) in [5.41, 5.74) is 2.75. The Morgan fingerprint density at radius 1 is 1.62 bits per heavy atom. The average Bonchev–Trinajstić information content (AvgIpc) is 1.81. The predicted molar refractivity (Wildman–Crippen MR) is 34.6 cm³/mol. The zero-order chi connectivity index (χ0) is 6.24. The largest absolute Gasteiger partial charge is 0.392 e. The molecule has 0 aliphatic heterocycles. The van der Waals surface area contributed by atoms with Crippen LogP contribution in [0.2, 0.25) is 0 Å². The van der Waals surface area contributed by atoms with Crippen LogP contribution in [0.15, 0.2) is 30.0 Å². The Balaban J connectivity index is 3.47. The van der Waals surface area contributed by atoms with Crippen LogP contribution in [0.1, 0.15) is 6.92 Å². The van der Waals surface area contributed by atoms with E-state index in [0.717, 1.165) is 0 Å². The Labute approximate surface area is 49.7 Å². The molecule has 0 aliphatic carbocycles. The van der Waals surface area contributed by atoms with Crippen LogP contribution in [-0.2, 0) is 0 Å². The molecule has 0 fully saturated rings. The molecule has 0 heterocycles. The van der Waals surface area contributed by atoms with E-state index in [1.165, 1.54) is 0 Å². The minimum Gasteiger partial charge on any atom is -0.392 e. The second-order valence-corrected chi connectivity index (χ2v) is 1.25. The van der Waals surface area contributed by atoms with Gasteiger partial charge in [-0.1, -0.05) is 12.2 Å². The van der Waals surface area contributed by atoms with Gasteiger partial charge in [-0.05, 0) is 19.1 Å². The summed E-state index contributed by atoms with van der Waals surface area (Å²) in [5.74, 6) is 0. The second-order valence-electron chi connectivity index (χ2n) is 1.25. The van der Waals surface area contributed by atoms with E-state index in [1.807, 2.05) is 19.1 Å². The lowest BCUT2D eigenvalue weighted by Gasteiger charge is -1.66. The molecule has 0 amide bonds. The first kappa shape index (κ1) is 7.22. The monoisotopic (exact) mass is 110 g/mol. The molecule has 0 spiro atoms. The molecule has 0 aromatic heterocycles. The third-order valence-corrected chi connectivity index (χ3v) is 0.594. The SMILES string of the molecule is C/C=C/C=C=CCO. The summed E-state index contributed by atoms with van der Waals surface area (Å²) in [6, 6.07) is 0. The van der Waals surface area contributed by atoms with Crippen molar-refractivity contribution in [2.45, 2.75) is 6.92 Å². The van der Waals surface area contributed by atoms with Gasteiger partial charge in [0.15, 0.2) is 0 Å². The van der Waals surface area contributed by atoms with Crippen LogP contribution in [0.4, 0.5) is 0 Å². The van der Waals surface area contributed by atoms with E-state index in [0.29, 0.717) is 0 Å². The molecule has 1 N–H and O–H groups in total. The maximum absolute atomic E-state index is 8.20. The van der Waals surface area contributed by atoms with Gasteiger partial charge in [0, 0.05) is 0 Å². The molecular weight excluding hydrogens is 100 g/mol. The molecule has 0 rings (SSSR count). The van der Waals surface area contributed by atoms with Gasteiger partial charge in [0.25, 0.3) is 0 Å². The number of allylic oxidation sites excluding steroid dienone is 2. The first-order valence-electron chi connectivity index (χ1n) is 2.55. The number of rotatable bonds is 2. The van der Waals surface area contributed by atoms with Gasteiger partial charge in [0.2, 0.25) is 0 Å². The Hall–Kier alpha value is -0.780. The van der Waals surface area contributed by atoms with Crippen molar-refractivity contribution in [3.8, 4) is 0 Å². The zero-order valence-electron chi connectivity index (χ0n) is 4.96. The summed E-state index contributed by atoms with van der Waals surface area (Å²) in [6.45, 7) is 1.99. The van der Waals surface area contributed by atoms with E-state index in [2.05, 4.69) is 5.73 Å². The van der Waals surface area contributed by atoms with E-state index >= 15 is 0 Å². The van der Waals surface area contributed by atoms with E-state index in [9.17, 15) is 0 Å². The average molecular weight is 110 g/mol. The lowest BCUT2D eigenvalue weighted by atomic mass is 10.5. The quantitative estimate of drug-likeness (QED) is 0.419. The minimum absolute atomic E-state index is 0.0635. The highest BCUT2D eigenvalue weighted by Gasteiger charge is 1.56. The topological polar surface area (TPSA) is 20.2 Å². The van der Waals surface area contributed by atoms with E-state index in [-0.39, 0.29) is 6.61 Å². The van der Waals surface area contributed by atoms with Crippen molar-refractivity contribution in [3.05, 3.63) is 30.0 Å². The molecule has 0 unspecified atom stereocenters. The van der Waals surface area contributed by atoms with Gasteiger partial charge in [0.05, 0.1) is 6.61 Å². The Morgan fingerprint density at radius 3 is 2.88 bits per heavy atom. The van der Waals surface area contributed by atoms with E-state index in [1.54, 1.807) is 12.2 Å². The van der Waals surface area contributed by atoms with Crippen LogP contribution in [0.3, 0.4) is 0 Å². The van der Waals surface area contributed by atoms with Gasteiger partial charge in [-0.3, -0.25) is 0 Å². The highest BCUT2D eigenvalue weighted by Crippen LogP contribution is 1.70. The summed E-state index contributed by atoms with van der Waals surface area (Å²) in [7, 11) is 0. The van der Waals surface area contributed by atoms with E-state index in [4.69, 9.17) is 5.11 Å². The Kier molecular flexibility index (Phi) is 5.61. The van der Waals surface area contributed by atoms with Crippen molar-refractivity contribution >= 4 is 0 Å². The molecule has 0 bridgehead atoms. The molecule has 0 saturated heterocycles. The zero-order valence-corrected chi connectivity index (χ0v) is 4.96. The molecule has 1 heteroatoms. The Morgan fingerprint density at radius 2 is 2.38 bits per heavy atom. The summed E-state index contributed by atoms with van der Waals surface area (Å²) >= 11 is 0. The fraction of sp³-hybridized carbons (Fsp3) is 0.286. The normalized spacial score (nSPS) is 8.75. The first-order chi connectivity index (χ1) is 3.91. The van der Waals surface area contributed by atoms with Gasteiger partial charge >= 0.3 is 0 Å². The molecule has 0 radical (unpaired) electrons. The molecule has 44 valence electrons. The minimum atomic E-state index is 0.0635. The van der Waals surface area contributed by atoms with Crippen LogP contribution in [0.5, 0.6) is 0 Å². The van der Waals surface area contributed by atoms with Crippen LogP contribution in [0.25, 0.3) is 0 Å². The molecule has 1 nitrogen and oxygen atoms in total. The molecule has 0 aromatic rings. The molecular formula is C7H10O. The third-order valence-electron chi connectivity index (χ3n) is 0.594. The van der Waals surface area contributed by atoms with Gasteiger partial charge < -0.3 is 5.11 Å². The van der Waals surface area contributed by atoms with Gasteiger partial charge in [-0.2, -0.15) is 0 Å². The molecule has 8 heavy (non-hydrogen) atoms. The summed E-state index contributed by atoms with van der Waals surface area (Å²) in [5, 5.41) is 8.20. The van der Waals surface area contributed by atoms with Crippen LogP contribution < -0.4 is 0 Å². The fourth-order valence-corrected chi connectivity index (χ4v) is 0.273. The second kappa shape index (κ2) is 6.22. The number of aliphatic hydroxyl groups excluding tert-OH is 1. The van der Waals surface area contributed by atoms with Crippen LogP contribution in [0, 0.1) is 0 Å². The van der Waals surface area contributed by atoms with Crippen molar-refractivity contribution in [1.29, 1.82) is 0 Å². The Bertz CT molecular complexity index is 116. The molecule has 0 aliphatic rings. The maximum Gasteiger partial charge on any atom is 0.0686 e. The van der Waals surface area contributed by atoms with Crippen LogP contribution >= 0.6 is 0 Å². The van der Waals surface area contributed by atoms with Crippen molar-refractivity contribution in [1.82, 2.24) is 0 Å². The van der Waals surface area contributed by atoms with Crippen LogP contribution in [-0.4, -0.2) is 11.7 Å². The molecule has 0 aromatic carbocycles. The van der Waals surface area contributed by atoms with Crippen molar-refractivity contribution in [2.24, 2.45) is 0 Å². The molecule has 0 saturated carbocycles.